The molecular weight excluding hydrogens is 254 g/mol. The highest BCUT2D eigenvalue weighted by Gasteiger charge is 2.25. The Labute approximate surface area is 121 Å². The zero-order valence-corrected chi connectivity index (χ0v) is 12.8. The van der Waals surface area contributed by atoms with Crippen molar-refractivity contribution in [2.75, 3.05) is 0 Å². The van der Waals surface area contributed by atoms with E-state index in [0.29, 0.717) is 11.1 Å². The van der Waals surface area contributed by atoms with Crippen LogP contribution in [0.5, 0.6) is 5.75 Å². The van der Waals surface area contributed by atoms with Crippen LogP contribution < -0.4 is 10.5 Å². The average Bonchev–Trinajstić information content (AvgIpc) is 2.33. The minimum atomic E-state index is 0.348. The lowest BCUT2D eigenvalue weighted by Crippen LogP contribution is -2.28. The molecule has 0 spiro atoms. The molecule has 1 aromatic rings. The van der Waals surface area contributed by atoms with Crippen molar-refractivity contribution in [1.82, 2.24) is 0 Å². The molecule has 1 fully saturated rings. The lowest BCUT2D eigenvalue weighted by atomic mass is 9.80. The Hall–Kier alpha value is -1.09. The van der Waals surface area contributed by atoms with Crippen LogP contribution in [0.4, 0.5) is 0 Å². The van der Waals surface area contributed by atoms with E-state index >= 15 is 0 Å². The van der Waals surface area contributed by atoms with Gasteiger partial charge in [0.2, 0.25) is 0 Å². The van der Waals surface area contributed by atoms with Gasteiger partial charge in [0.15, 0.2) is 0 Å². The van der Waals surface area contributed by atoms with Crippen LogP contribution in [0.25, 0.3) is 0 Å². The molecule has 3 atom stereocenters. The second-order valence-corrected chi connectivity index (χ2v) is 6.29. The average molecular weight is 277 g/mol. The Balaban J connectivity index is 2.04. The third-order valence-corrected chi connectivity index (χ3v) is 4.54. The third-order valence-electron chi connectivity index (χ3n) is 4.32. The summed E-state index contributed by atoms with van der Waals surface area (Å²) in [5.74, 6) is 2.50. The van der Waals surface area contributed by atoms with Crippen molar-refractivity contribution in [2.45, 2.75) is 46.1 Å². The van der Waals surface area contributed by atoms with Gasteiger partial charge in [-0.25, -0.2) is 0 Å². The van der Waals surface area contributed by atoms with Crippen LogP contribution in [0.3, 0.4) is 0 Å². The summed E-state index contributed by atoms with van der Waals surface area (Å²) >= 11 is 5.02. The third kappa shape index (κ3) is 3.47. The molecule has 0 aliphatic heterocycles. The van der Waals surface area contributed by atoms with Gasteiger partial charge in [0, 0.05) is 5.56 Å². The summed E-state index contributed by atoms with van der Waals surface area (Å²) in [6.45, 7) is 6.68. The standard InChI is InChI=1S/C16H23NOS/c1-10-4-5-13(8-11(10)2)18-14-6-7-15(16(17)19)12(3)9-14/h6-7,9-11,13H,4-5,8H2,1-3H3,(H2,17,19). The van der Waals surface area contributed by atoms with Crippen LogP contribution in [0, 0.1) is 18.8 Å². The van der Waals surface area contributed by atoms with Crippen molar-refractivity contribution >= 4 is 17.2 Å². The maximum absolute atomic E-state index is 6.11. The maximum atomic E-state index is 6.11. The zero-order valence-electron chi connectivity index (χ0n) is 12.0. The minimum Gasteiger partial charge on any atom is -0.490 e. The van der Waals surface area contributed by atoms with E-state index in [0.717, 1.165) is 41.6 Å². The van der Waals surface area contributed by atoms with Gasteiger partial charge in [0.25, 0.3) is 0 Å². The molecule has 0 heterocycles. The van der Waals surface area contributed by atoms with Crippen molar-refractivity contribution in [3.8, 4) is 5.75 Å². The largest absolute Gasteiger partial charge is 0.490 e. The molecule has 0 bridgehead atoms. The minimum absolute atomic E-state index is 0.348. The van der Waals surface area contributed by atoms with E-state index < -0.39 is 0 Å². The van der Waals surface area contributed by atoms with Gasteiger partial charge in [-0.1, -0.05) is 26.1 Å². The topological polar surface area (TPSA) is 35.2 Å². The van der Waals surface area contributed by atoms with Gasteiger partial charge in [-0.2, -0.15) is 0 Å². The van der Waals surface area contributed by atoms with Crippen LogP contribution in [-0.2, 0) is 0 Å². The van der Waals surface area contributed by atoms with Gasteiger partial charge in [-0.15, -0.1) is 0 Å². The predicted octanol–water partition coefficient (Wildman–Crippen LogP) is 3.83. The number of hydrogen-bond acceptors (Lipinski definition) is 2. The van der Waals surface area contributed by atoms with Crippen molar-refractivity contribution in [3.05, 3.63) is 29.3 Å². The Bertz CT molecular complexity index is 472. The molecule has 2 N–H and O–H groups in total. The number of ether oxygens (including phenoxy) is 1. The number of nitrogens with two attached hydrogens (primary N) is 1. The lowest BCUT2D eigenvalue weighted by Gasteiger charge is -2.32. The summed E-state index contributed by atoms with van der Waals surface area (Å²) in [7, 11) is 0. The van der Waals surface area contributed by atoms with Gasteiger partial charge < -0.3 is 10.5 Å². The van der Waals surface area contributed by atoms with Crippen LogP contribution in [0.2, 0.25) is 0 Å². The molecular formula is C16H23NOS. The first-order chi connectivity index (χ1) is 8.97. The van der Waals surface area contributed by atoms with Crippen molar-refractivity contribution in [1.29, 1.82) is 0 Å². The van der Waals surface area contributed by atoms with E-state index in [2.05, 4.69) is 13.8 Å². The fourth-order valence-electron chi connectivity index (χ4n) is 2.78. The van der Waals surface area contributed by atoms with Crippen molar-refractivity contribution < 1.29 is 4.74 Å². The second-order valence-electron chi connectivity index (χ2n) is 5.85. The summed E-state index contributed by atoms with van der Waals surface area (Å²) < 4.78 is 6.11. The van der Waals surface area contributed by atoms with Gasteiger partial charge >= 0.3 is 0 Å². The van der Waals surface area contributed by atoms with Gasteiger partial charge in [0.05, 0.1) is 6.10 Å². The number of thiocarbonyl (C=S) groups is 1. The Morgan fingerprint density at radius 2 is 2.00 bits per heavy atom. The summed E-state index contributed by atoms with van der Waals surface area (Å²) in [4.78, 5) is 0.448. The molecule has 1 saturated carbocycles. The van der Waals surface area contributed by atoms with Crippen molar-refractivity contribution in [3.63, 3.8) is 0 Å². The zero-order chi connectivity index (χ0) is 14.0. The molecule has 3 heteroatoms. The molecule has 2 rings (SSSR count). The van der Waals surface area contributed by atoms with Gasteiger partial charge in [0.1, 0.15) is 10.7 Å². The number of rotatable bonds is 3. The molecule has 3 unspecified atom stereocenters. The highest BCUT2D eigenvalue weighted by atomic mass is 32.1. The molecule has 0 saturated heterocycles. The normalized spacial score (nSPS) is 27.0. The molecule has 0 aromatic heterocycles. The molecule has 1 aliphatic rings. The predicted molar refractivity (Wildman–Crippen MR) is 83.7 cm³/mol. The monoisotopic (exact) mass is 277 g/mol. The first-order valence-electron chi connectivity index (χ1n) is 7.04. The van der Waals surface area contributed by atoms with E-state index in [1.807, 2.05) is 25.1 Å². The first kappa shape index (κ1) is 14.3. The summed E-state index contributed by atoms with van der Waals surface area (Å²) in [5, 5.41) is 0. The van der Waals surface area contributed by atoms with Crippen LogP contribution in [-0.4, -0.2) is 11.1 Å². The Morgan fingerprint density at radius 3 is 2.58 bits per heavy atom. The molecule has 1 aromatic carbocycles. The fraction of sp³-hybridized carbons (Fsp3) is 0.562. The maximum Gasteiger partial charge on any atom is 0.120 e. The van der Waals surface area contributed by atoms with Crippen LogP contribution in [0.1, 0.15) is 44.2 Å². The molecule has 0 amide bonds. The molecule has 19 heavy (non-hydrogen) atoms. The van der Waals surface area contributed by atoms with Crippen molar-refractivity contribution in [2.24, 2.45) is 17.6 Å². The highest BCUT2D eigenvalue weighted by molar-refractivity contribution is 7.80. The number of benzene rings is 1. The molecule has 0 radical (unpaired) electrons. The van der Waals surface area contributed by atoms with E-state index in [4.69, 9.17) is 22.7 Å². The smallest absolute Gasteiger partial charge is 0.120 e. The molecule has 1 aliphatic carbocycles. The quantitative estimate of drug-likeness (QED) is 0.853. The van der Waals surface area contributed by atoms with Crippen LogP contribution >= 0.6 is 12.2 Å². The van der Waals surface area contributed by atoms with Crippen LogP contribution in [0.15, 0.2) is 18.2 Å². The summed E-state index contributed by atoms with van der Waals surface area (Å²) in [6.07, 6.45) is 3.91. The summed E-state index contributed by atoms with van der Waals surface area (Å²) in [5.41, 5.74) is 7.70. The SMILES string of the molecule is Cc1cc(OC2CCC(C)C(C)C2)ccc1C(N)=S. The number of hydrogen-bond donors (Lipinski definition) is 1. The molecule has 104 valence electrons. The lowest BCUT2D eigenvalue weighted by molar-refractivity contribution is 0.101. The Kier molecular flexibility index (Phi) is 4.46. The molecule has 2 nitrogen and oxygen atoms in total. The van der Waals surface area contributed by atoms with E-state index in [1.54, 1.807) is 0 Å². The van der Waals surface area contributed by atoms with Gasteiger partial charge in [-0.3, -0.25) is 0 Å². The highest BCUT2D eigenvalue weighted by Crippen LogP contribution is 2.32. The van der Waals surface area contributed by atoms with Gasteiger partial charge in [-0.05, 0) is 61.8 Å². The Morgan fingerprint density at radius 1 is 1.26 bits per heavy atom. The van der Waals surface area contributed by atoms with E-state index in [1.165, 1.54) is 6.42 Å². The van der Waals surface area contributed by atoms with E-state index in [9.17, 15) is 0 Å². The number of aryl methyl sites for hydroxylation is 1. The summed E-state index contributed by atoms with van der Waals surface area (Å²) in [6, 6.07) is 5.98. The second kappa shape index (κ2) is 5.91. The van der Waals surface area contributed by atoms with E-state index in [-0.39, 0.29) is 0 Å². The first-order valence-corrected chi connectivity index (χ1v) is 7.45. The fourth-order valence-corrected chi connectivity index (χ4v) is 3.01.